The average Bonchev–Trinajstić information content (AvgIpc) is 3.24. The number of ether oxygens (including phenoxy) is 1. The van der Waals surface area contributed by atoms with Gasteiger partial charge in [-0.05, 0) is 42.1 Å². The highest BCUT2D eigenvalue weighted by Gasteiger charge is 2.36. The molecule has 0 unspecified atom stereocenters. The van der Waals surface area contributed by atoms with Crippen LogP contribution in [0.15, 0.2) is 85.7 Å². The highest BCUT2D eigenvalue weighted by atomic mass is 32.2. The fourth-order valence-corrected chi connectivity index (χ4v) is 5.00. The molecule has 0 saturated heterocycles. The van der Waals surface area contributed by atoms with Crippen LogP contribution in [-0.4, -0.2) is 38.7 Å². The minimum Gasteiger partial charge on any atom is -0.493 e. The monoisotopic (exact) mass is 476 g/mol. The molecule has 8 nitrogen and oxygen atoms in total. The van der Waals surface area contributed by atoms with Crippen molar-refractivity contribution in [2.75, 3.05) is 12.4 Å². The highest BCUT2D eigenvalue weighted by Crippen LogP contribution is 2.32. The predicted molar refractivity (Wildman–Crippen MR) is 132 cm³/mol. The van der Waals surface area contributed by atoms with E-state index in [-0.39, 0.29) is 22.4 Å². The van der Waals surface area contributed by atoms with E-state index in [0.29, 0.717) is 32.9 Å². The molecule has 0 atom stereocenters. The van der Waals surface area contributed by atoms with Crippen molar-refractivity contribution < 1.29 is 13.9 Å². The van der Waals surface area contributed by atoms with Crippen LogP contribution in [0.4, 0.5) is 0 Å². The molecule has 2 aliphatic heterocycles. The zero-order valence-corrected chi connectivity index (χ0v) is 18.7. The second kappa shape index (κ2) is 9.08. The Kier molecular flexibility index (Phi) is 5.84. The number of aliphatic imine (C=N–C) groups is 1. The summed E-state index contributed by atoms with van der Waals surface area (Å²) >= 11 is 2.68. The number of benzene rings is 2. The van der Waals surface area contributed by atoms with Crippen LogP contribution in [0.5, 0.6) is 5.75 Å². The molecule has 10 heteroatoms. The fraction of sp³-hybridized carbons (Fsp3) is 0.0870. The highest BCUT2D eigenvalue weighted by molar-refractivity contribution is 8.45. The van der Waals surface area contributed by atoms with Crippen LogP contribution in [0, 0.1) is 5.41 Å². The van der Waals surface area contributed by atoms with Crippen LogP contribution < -0.4 is 10.2 Å². The Labute approximate surface area is 196 Å². The number of nitrogens with one attached hydrogen (secondary N) is 1. The maximum Gasteiger partial charge on any atom is 0.283 e. The van der Waals surface area contributed by atoms with Gasteiger partial charge in [0, 0.05) is 5.75 Å². The maximum absolute atomic E-state index is 12.8. The molecule has 3 heterocycles. The van der Waals surface area contributed by atoms with Crippen LogP contribution in [0.25, 0.3) is 17.0 Å². The van der Waals surface area contributed by atoms with Gasteiger partial charge in [-0.15, -0.1) is 5.10 Å². The Morgan fingerprint density at radius 3 is 2.76 bits per heavy atom. The second-order valence-corrected chi connectivity index (χ2v) is 9.21. The molecule has 0 spiro atoms. The normalized spacial score (nSPS) is 16.7. The Balaban J connectivity index is 1.31. The Morgan fingerprint density at radius 2 is 1.91 bits per heavy atom. The number of nitrogens with zero attached hydrogens (tertiary/aromatic N) is 3. The Bertz CT molecular complexity index is 1410. The van der Waals surface area contributed by atoms with Crippen molar-refractivity contribution in [3.8, 4) is 5.75 Å². The van der Waals surface area contributed by atoms with Crippen LogP contribution in [-0.2, 0) is 4.79 Å². The topological polar surface area (TPSA) is 108 Å². The number of hydrogen-bond acceptors (Lipinski definition) is 8. The van der Waals surface area contributed by atoms with Gasteiger partial charge < -0.3 is 9.15 Å². The van der Waals surface area contributed by atoms with Gasteiger partial charge in [0.25, 0.3) is 5.91 Å². The number of amidine groups is 2. The van der Waals surface area contributed by atoms with E-state index in [1.165, 1.54) is 40.9 Å². The van der Waals surface area contributed by atoms with Crippen molar-refractivity contribution in [3.05, 3.63) is 82.2 Å². The van der Waals surface area contributed by atoms with E-state index in [1.807, 2.05) is 30.3 Å². The molecule has 0 radical (unpaired) electrons. The van der Waals surface area contributed by atoms with E-state index in [2.05, 4.69) is 10.1 Å². The van der Waals surface area contributed by atoms with E-state index in [0.717, 1.165) is 5.75 Å². The molecule has 33 heavy (non-hydrogen) atoms. The van der Waals surface area contributed by atoms with Gasteiger partial charge >= 0.3 is 0 Å². The summed E-state index contributed by atoms with van der Waals surface area (Å²) in [5.41, 5.74) is 0.315. The summed E-state index contributed by atoms with van der Waals surface area (Å²) in [6, 6.07) is 16.4. The maximum atomic E-state index is 12.8. The summed E-state index contributed by atoms with van der Waals surface area (Å²) in [4.78, 5) is 29.4. The molecule has 3 aromatic rings. The minimum atomic E-state index is -0.597. The molecule has 1 amide bonds. The van der Waals surface area contributed by atoms with E-state index in [4.69, 9.17) is 14.6 Å². The largest absolute Gasteiger partial charge is 0.493 e. The molecule has 5 rings (SSSR count). The Hall–Kier alpha value is -3.63. The van der Waals surface area contributed by atoms with Gasteiger partial charge in [-0.25, -0.2) is 0 Å². The van der Waals surface area contributed by atoms with Gasteiger partial charge in [-0.3, -0.25) is 15.0 Å². The van der Waals surface area contributed by atoms with E-state index < -0.39 is 5.91 Å². The number of para-hydroxylation sites is 2. The number of amides is 1. The Morgan fingerprint density at radius 1 is 1.12 bits per heavy atom. The van der Waals surface area contributed by atoms with Crippen molar-refractivity contribution in [2.24, 2.45) is 10.1 Å². The summed E-state index contributed by atoms with van der Waals surface area (Å²) in [7, 11) is 0. The van der Waals surface area contributed by atoms with Gasteiger partial charge in [0.15, 0.2) is 15.6 Å². The molecule has 2 aromatic carbocycles. The van der Waals surface area contributed by atoms with Crippen molar-refractivity contribution in [2.45, 2.75) is 0 Å². The number of fused-ring (bicyclic) bond motifs is 2. The average molecular weight is 477 g/mol. The molecular formula is C23H16N4O4S2. The van der Waals surface area contributed by atoms with E-state index in [9.17, 15) is 9.59 Å². The lowest BCUT2D eigenvalue weighted by Crippen LogP contribution is -2.35. The third-order valence-corrected chi connectivity index (χ3v) is 6.77. The summed E-state index contributed by atoms with van der Waals surface area (Å²) in [6.45, 7) is 0.486. The molecule has 0 aliphatic carbocycles. The molecule has 0 saturated carbocycles. The quantitative estimate of drug-likeness (QED) is 0.435. The summed E-state index contributed by atoms with van der Waals surface area (Å²) in [6.07, 6.45) is 2.62. The summed E-state index contributed by atoms with van der Waals surface area (Å²) < 4.78 is 11.8. The lowest BCUT2D eigenvalue weighted by Gasteiger charge is -2.19. The molecule has 0 fully saturated rings. The SMILES string of the molecule is N=C1/C(=C\c2coc3ccccc3c2=O)C(=O)N=C2SC(SCCOc3ccccc3)=NN12. The summed E-state index contributed by atoms with van der Waals surface area (Å²) in [5, 5.41) is 14.9. The second-order valence-electron chi connectivity index (χ2n) is 6.91. The molecule has 164 valence electrons. The standard InChI is InChI=1S/C23H16N4O4S2/c24-20-17(12-14-13-31-18-9-5-4-8-16(18)19(14)28)21(29)25-22-27(20)26-23(33-22)32-11-10-30-15-6-2-1-3-7-15/h1-9,12-13,24H,10-11H2/b17-12+,24-20?. The third-order valence-electron chi connectivity index (χ3n) is 4.76. The predicted octanol–water partition coefficient (Wildman–Crippen LogP) is 4.18. The van der Waals surface area contributed by atoms with Gasteiger partial charge in [0.2, 0.25) is 5.17 Å². The lowest BCUT2D eigenvalue weighted by molar-refractivity contribution is -0.114. The van der Waals surface area contributed by atoms with Crippen LogP contribution >= 0.6 is 23.5 Å². The molecule has 1 aromatic heterocycles. The minimum absolute atomic E-state index is 0.0238. The fourth-order valence-electron chi connectivity index (χ4n) is 3.19. The first-order chi connectivity index (χ1) is 16.1. The molecule has 0 bridgehead atoms. The zero-order chi connectivity index (χ0) is 22.8. The van der Waals surface area contributed by atoms with Crippen molar-refractivity contribution in [1.82, 2.24) is 5.01 Å². The van der Waals surface area contributed by atoms with Gasteiger partial charge in [-0.1, -0.05) is 42.1 Å². The number of rotatable bonds is 5. The molecular weight excluding hydrogens is 460 g/mol. The number of carbonyl (C=O) groups excluding carboxylic acids is 1. The number of carbonyl (C=O) groups is 1. The van der Waals surface area contributed by atoms with Crippen molar-refractivity contribution in [3.63, 3.8) is 0 Å². The van der Waals surface area contributed by atoms with E-state index in [1.54, 1.807) is 24.3 Å². The van der Waals surface area contributed by atoms with Gasteiger partial charge in [0.05, 0.1) is 23.1 Å². The van der Waals surface area contributed by atoms with Crippen LogP contribution in [0.1, 0.15) is 5.56 Å². The number of hydrogen-bond donors (Lipinski definition) is 1. The number of thioether (sulfide) groups is 2. The first-order valence-corrected chi connectivity index (χ1v) is 11.7. The first kappa shape index (κ1) is 21.2. The lowest BCUT2D eigenvalue weighted by atomic mass is 10.1. The smallest absolute Gasteiger partial charge is 0.283 e. The van der Waals surface area contributed by atoms with Crippen LogP contribution in [0.2, 0.25) is 0 Å². The first-order valence-electron chi connectivity index (χ1n) is 9.91. The molecule has 2 aliphatic rings. The van der Waals surface area contributed by atoms with Crippen molar-refractivity contribution in [1.29, 1.82) is 5.41 Å². The zero-order valence-electron chi connectivity index (χ0n) is 17.1. The third kappa shape index (κ3) is 4.35. The molecule has 1 N–H and O–H groups in total. The van der Waals surface area contributed by atoms with E-state index >= 15 is 0 Å². The summed E-state index contributed by atoms with van der Waals surface area (Å²) in [5.74, 6) is 0.701. The number of hydrazone groups is 1. The van der Waals surface area contributed by atoms with Gasteiger partial charge in [0.1, 0.15) is 17.6 Å². The van der Waals surface area contributed by atoms with Crippen LogP contribution in [0.3, 0.4) is 0 Å². The van der Waals surface area contributed by atoms with Gasteiger partial charge in [-0.2, -0.15) is 10.0 Å². The van der Waals surface area contributed by atoms with Crippen molar-refractivity contribution >= 4 is 61.9 Å².